The van der Waals surface area contributed by atoms with Crippen molar-refractivity contribution in [2.45, 2.75) is 117 Å². The lowest BCUT2D eigenvalue weighted by Crippen LogP contribution is -2.61. The van der Waals surface area contributed by atoms with Crippen molar-refractivity contribution < 1.29 is 0 Å². The maximum Gasteiger partial charge on any atom is 0.248 e. The van der Waals surface area contributed by atoms with Crippen LogP contribution in [0, 0.1) is 18.3 Å². The smallest absolute Gasteiger partial charge is 0.248 e. The van der Waals surface area contributed by atoms with E-state index in [1.165, 1.54) is 127 Å². The number of allylic oxidation sites excluding steroid dienone is 3. The van der Waals surface area contributed by atoms with Gasteiger partial charge in [-0.15, -0.1) is 0 Å². The molecule has 0 N–H and O–H groups in total. The lowest BCUT2D eigenvalue weighted by Gasteiger charge is -2.54. The molecule has 3 unspecified atom stereocenters. The summed E-state index contributed by atoms with van der Waals surface area (Å²) in [5.74, 6) is 0.587. The van der Waals surface area contributed by atoms with Gasteiger partial charge in [0, 0.05) is 28.4 Å². The van der Waals surface area contributed by atoms with E-state index < -0.39 is 0 Å². The van der Waals surface area contributed by atoms with Crippen LogP contribution in [0.5, 0.6) is 0 Å². The number of rotatable bonds is 2. The predicted octanol–water partition coefficient (Wildman–Crippen LogP) is 11.0. The van der Waals surface area contributed by atoms with Crippen LogP contribution in [-0.4, -0.2) is 6.71 Å². The van der Waals surface area contributed by atoms with Crippen LogP contribution in [0.4, 0.5) is 22.7 Å². The van der Waals surface area contributed by atoms with Crippen LogP contribution >= 0.6 is 0 Å². The minimum absolute atomic E-state index is 0.0679. The molecule has 4 aromatic rings. The van der Waals surface area contributed by atoms with E-state index in [9.17, 15) is 0 Å². The van der Waals surface area contributed by atoms with Gasteiger partial charge >= 0.3 is 0 Å². The van der Waals surface area contributed by atoms with Crippen molar-refractivity contribution in [3.63, 3.8) is 0 Å². The first-order chi connectivity index (χ1) is 24.7. The molecule has 1 fully saturated rings. The molecule has 0 amide bonds. The van der Waals surface area contributed by atoms with Crippen molar-refractivity contribution in [1.82, 2.24) is 0 Å². The molecular formula is C48H53BN2. The fourth-order valence-corrected chi connectivity index (χ4v) is 11.5. The second kappa shape index (κ2) is 11.5. The molecule has 3 heteroatoms. The molecule has 2 aliphatic heterocycles. The number of hydrogen-bond donors (Lipinski definition) is 0. The van der Waals surface area contributed by atoms with Crippen LogP contribution in [0.15, 0.2) is 96.1 Å². The third-order valence-corrected chi connectivity index (χ3v) is 14.0. The molecule has 1 saturated carbocycles. The van der Waals surface area contributed by atoms with E-state index >= 15 is 0 Å². The van der Waals surface area contributed by atoms with Crippen molar-refractivity contribution >= 4 is 40.4 Å². The minimum atomic E-state index is 0.0679. The summed E-state index contributed by atoms with van der Waals surface area (Å²) in [4.78, 5) is 5.60. The molecule has 4 aromatic carbocycles. The summed E-state index contributed by atoms with van der Waals surface area (Å²) in [7, 11) is 0. The quantitative estimate of drug-likeness (QED) is 0.196. The molecule has 51 heavy (non-hydrogen) atoms. The average molecular weight is 669 g/mol. The molecule has 2 heterocycles. The van der Waals surface area contributed by atoms with Crippen LogP contribution in [-0.2, 0) is 24.7 Å². The van der Waals surface area contributed by atoms with Gasteiger partial charge in [-0.2, -0.15) is 0 Å². The molecule has 4 aliphatic carbocycles. The van der Waals surface area contributed by atoms with Gasteiger partial charge in [0.25, 0.3) is 0 Å². The molecule has 3 atom stereocenters. The summed E-state index contributed by atoms with van der Waals surface area (Å²) in [5, 5.41) is 0. The molecule has 0 saturated heterocycles. The summed E-state index contributed by atoms with van der Waals surface area (Å²) >= 11 is 0. The van der Waals surface area contributed by atoms with Gasteiger partial charge in [0.2, 0.25) is 6.71 Å². The van der Waals surface area contributed by atoms with E-state index in [0.29, 0.717) is 12.0 Å². The maximum atomic E-state index is 2.83. The van der Waals surface area contributed by atoms with Crippen LogP contribution in [0.1, 0.15) is 118 Å². The molecule has 0 spiro atoms. The Balaban J connectivity index is 1.32. The van der Waals surface area contributed by atoms with Crippen LogP contribution < -0.4 is 20.7 Å². The van der Waals surface area contributed by atoms with Crippen molar-refractivity contribution in [3.05, 3.63) is 129 Å². The average Bonchev–Trinajstić information content (AvgIpc) is 3.13. The molecule has 0 aromatic heterocycles. The first-order valence-electron chi connectivity index (χ1n) is 20.2. The molecule has 0 bridgehead atoms. The summed E-state index contributed by atoms with van der Waals surface area (Å²) in [5.41, 5.74) is 21.1. The normalized spacial score (nSPS) is 24.7. The Morgan fingerprint density at radius 1 is 0.745 bits per heavy atom. The summed E-state index contributed by atoms with van der Waals surface area (Å²) in [6.45, 7) is 12.4. The second-order valence-corrected chi connectivity index (χ2v) is 18.0. The minimum Gasteiger partial charge on any atom is -0.335 e. The van der Waals surface area contributed by atoms with Gasteiger partial charge in [0.15, 0.2) is 0 Å². The van der Waals surface area contributed by atoms with Gasteiger partial charge < -0.3 is 9.80 Å². The highest BCUT2D eigenvalue weighted by Crippen LogP contribution is 2.57. The SMILES string of the molecule is Cc1cc2c3c(c1)N(C1CCCc4ccccc41)c1ccc(C(C)(C)C)cc1B3C1=C(C=CC3CCCCC13C)N2c1cccc2c1CCCC2. The molecule has 2 nitrogen and oxygen atoms in total. The zero-order chi connectivity index (χ0) is 34.6. The summed E-state index contributed by atoms with van der Waals surface area (Å²) < 4.78 is 0. The van der Waals surface area contributed by atoms with Crippen molar-refractivity contribution in [1.29, 1.82) is 0 Å². The van der Waals surface area contributed by atoms with E-state index in [4.69, 9.17) is 0 Å². The van der Waals surface area contributed by atoms with Gasteiger partial charge in [0.1, 0.15) is 0 Å². The summed E-state index contributed by atoms with van der Waals surface area (Å²) in [6.07, 6.45) is 19.0. The van der Waals surface area contributed by atoms with E-state index in [0.717, 1.165) is 0 Å². The number of benzene rings is 4. The first-order valence-corrected chi connectivity index (χ1v) is 20.2. The van der Waals surface area contributed by atoms with Gasteiger partial charge in [0.05, 0.1) is 6.04 Å². The summed E-state index contributed by atoms with van der Waals surface area (Å²) in [6, 6.07) is 29.6. The highest BCUT2D eigenvalue weighted by atomic mass is 15.2. The molecule has 10 rings (SSSR count). The van der Waals surface area contributed by atoms with E-state index in [-0.39, 0.29) is 17.5 Å². The maximum absolute atomic E-state index is 2.83. The lowest BCUT2D eigenvalue weighted by atomic mass is 9.27. The van der Waals surface area contributed by atoms with Gasteiger partial charge in [-0.25, -0.2) is 0 Å². The largest absolute Gasteiger partial charge is 0.335 e. The Morgan fingerprint density at radius 3 is 2.43 bits per heavy atom. The van der Waals surface area contributed by atoms with Gasteiger partial charge in [-0.1, -0.05) is 101 Å². The molecule has 6 aliphatic rings. The topological polar surface area (TPSA) is 6.48 Å². The van der Waals surface area contributed by atoms with E-state index in [1.807, 2.05) is 0 Å². The fraction of sp³-hybridized carbons (Fsp3) is 0.417. The van der Waals surface area contributed by atoms with E-state index in [2.05, 4.69) is 129 Å². The highest BCUT2D eigenvalue weighted by molar-refractivity contribution is 6.95. The Labute approximate surface area is 306 Å². The number of nitrogens with zero attached hydrogens (tertiary/aromatic N) is 2. The number of anilines is 4. The Bertz CT molecular complexity index is 2150. The lowest BCUT2D eigenvalue weighted by molar-refractivity contribution is 0.203. The standard InChI is InChI=1S/C48H53BN2/c1-31-28-43-45-44(29-31)51(40-22-13-17-33-15-7-9-20-37(33)40)42-26-23-34-18-10-11-27-48(34,5)46(42)49(45)38-30-35(47(2,3)4)24-25-41(38)50(43)39-21-12-16-32-14-6-8-19-36(32)39/h6,8,13-14,17,19,22-26,28-30,34,39H,7,9-12,15-16,18,20-21,27H2,1-5H3. The monoisotopic (exact) mass is 668 g/mol. The number of fused-ring (bicyclic) bond motifs is 7. The van der Waals surface area contributed by atoms with E-state index in [1.54, 1.807) is 22.1 Å². The van der Waals surface area contributed by atoms with Crippen LogP contribution in [0.3, 0.4) is 0 Å². The second-order valence-electron chi connectivity index (χ2n) is 18.0. The Morgan fingerprint density at radius 2 is 1.55 bits per heavy atom. The first kappa shape index (κ1) is 31.7. The number of hydrogen-bond acceptors (Lipinski definition) is 2. The van der Waals surface area contributed by atoms with Gasteiger partial charge in [-0.05, 0) is 156 Å². The van der Waals surface area contributed by atoms with Crippen LogP contribution in [0.25, 0.3) is 0 Å². The zero-order valence-corrected chi connectivity index (χ0v) is 31.5. The third-order valence-electron chi connectivity index (χ3n) is 14.0. The van der Waals surface area contributed by atoms with Gasteiger partial charge in [-0.3, -0.25) is 0 Å². The van der Waals surface area contributed by atoms with Crippen molar-refractivity contribution in [2.24, 2.45) is 11.3 Å². The van der Waals surface area contributed by atoms with Crippen molar-refractivity contribution in [3.8, 4) is 0 Å². The predicted molar refractivity (Wildman–Crippen MR) is 217 cm³/mol. The Hall–Kier alpha value is -3.98. The molecular weight excluding hydrogens is 615 g/mol. The third kappa shape index (κ3) is 4.68. The van der Waals surface area contributed by atoms with Crippen LogP contribution in [0.2, 0.25) is 0 Å². The highest BCUT2D eigenvalue weighted by Gasteiger charge is 2.54. The Kier molecular flexibility index (Phi) is 7.16. The zero-order valence-electron chi connectivity index (χ0n) is 31.5. The molecule has 0 radical (unpaired) electrons. The molecule has 258 valence electrons. The fourth-order valence-electron chi connectivity index (χ4n) is 11.5. The number of aryl methyl sites for hydroxylation is 3. The van der Waals surface area contributed by atoms with Crippen molar-refractivity contribution in [2.75, 3.05) is 9.80 Å².